The monoisotopic (exact) mass is 710 g/mol. The second-order valence-electron chi connectivity index (χ2n) is 7.83. The summed E-state index contributed by atoms with van der Waals surface area (Å²) in [7, 11) is -4.10. The van der Waals surface area contributed by atoms with Gasteiger partial charge >= 0.3 is 25.4 Å². The standard InChI is InChI=1S/C10H5Cl2F3N4O2.C7H12ClN5.C3H8NO5P/c11-5-1-4(10(13,14)15)2-6(12)8(5)18-9(16)7(3-17-18)19(20)21;1-3-9-6-11-5(8)12-7(13-6)10-4-2;5-3(6)1-4-2-10(7,8)9/h1-3H,16H2;3-4H2,1-2H3,(H2,9,10,11,12,13);4H,1-2H2,(H,5,6)(H2,7,8,9). The molecular weight excluding hydrogens is 687 g/mol. The van der Waals surface area contributed by atoms with Crippen molar-refractivity contribution >= 4 is 71.8 Å². The zero-order valence-electron chi connectivity index (χ0n) is 22.5. The predicted octanol–water partition coefficient (Wildman–Crippen LogP) is 3.87. The van der Waals surface area contributed by atoms with Crippen LogP contribution in [0.2, 0.25) is 15.3 Å². The number of hydrogen-bond donors (Lipinski definition) is 7. The smallest absolute Gasteiger partial charge is 0.416 e. The maximum atomic E-state index is 12.6. The molecule has 0 saturated carbocycles. The van der Waals surface area contributed by atoms with Crippen LogP contribution in [0, 0.1) is 10.1 Å². The number of benzene rings is 1. The molecule has 0 bridgehead atoms. The molecule has 2 aromatic heterocycles. The zero-order valence-corrected chi connectivity index (χ0v) is 25.7. The highest BCUT2D eigenvalue weighted by molar-refractivity contribution is 7.51. The molecule has 0 unspecified atom stereocenters. The minimum absolute atomic E-state index is 0.170. The van der Waals surface area contributed by atoms with Crippen LogP contribution in [0.25, 0.3) is 5.69 Å². The lowest BCUT2D eigenvalue weighted by atomic mass is 10.2. The summed E-state index contributed by atoms with van der Waals surface area (Å²) >= 11 is 17.2. The third-order valence-electron chi connectivity index (χ3n) is 4.41. The number of hydrogen-bond acceptors (Lipinski definition) is 12. The molecule has 3 rings (SSSR count). The molecule has 24 heteroatoms. The van der Waals surface area contributed by atoms with Crippen molar-refractivity contribution in [2.24, 2.45) is 0 Å². The van der Waals surface area contributed by atoms with Crippen molar-refractivity contribution in [1.29, 1.82) is 0 Å². The fraction of sp³-hybridized carbons (Fsp3) is 0.350. The maximum Gasteiger partial charge on any atom is 0.416 e. The summed E-state index contributed by atoms with van der Waals surface area (Å²) in [6, 6.07) is 1.27. The van der Waals surface area contributed by atoms with Crippen molar-refractivity contribution in [3.8, 4) is 5.69 Å². The van der Waals surface area contributed by atoms with Crippen molar-refractivity contribution < 1.29 is 42.3 Å². The van der Waals surface area contributed by atoms with Crippen LogP contribution >= 0.6 is 42.4 Å². The van der Waals surface area contributed by atoms with Crippen LogP contribution in [-0.2, 0) is 15.5 Å². The Bertz CT molecular complexity index is 1450. The highest BCUT2D eigenvalue weighted by Crippen LogP contribution is 2.39. The molecule has 3 aromatic rings. The summed E-state index contributed by atoms with van der Waals surface area (Å²) in [4.78, 5) is 47.9. The first kappa shape index (κ1) is 38.5. The summed E-state index contributed by atoms with van der Waals surface area (Å²) in [5.74, 6) is -0.547. The molecule has 0 amide bonds. The lowest BCUT2D eigenvalue weighted by Gasteiger charge is -2.12. The number of nitrogens with two attached hydrogens (primary N) is 1. The van der Waals surface area contributed by atoms with E-state index in [9.17, 15) is 32.6 Å². The van der Waals surface area contributed by atoms with E-state index in [-0.39, 0.29) is 21.0 Å². The Kier molecular flexibility index (Phi) is 15.0. The number of alkyl halides is 3. The van der Waals surface area contributed by atoms with Crippen molar-refractivity contribution in [1.82, 2.24) is 30.0 Å². The van der Waals surface area contributed by atoms with Crippen molar-refractivity contribution in [3.05, 3.63) is 49.3 Å². The molecule has 0 aliphatic heterocycles. The third-order valence-corrected chi connectivity index (χ3v) is 5.79. The highest BCUT2D eigenvalue weighted by Gasteiger charge is 2.33. The molecule has 0 aliphatic carbocycles. The number of nitrogen functional groups attached to an aromatic ring is 1. The van der Waals surface area contributed by atoms with E-state index in [2.05, 4.69) is 36.0 Å². The van der Waals surface area contributed by atoms with Gasteiger partial charge in [-0.1, -0.05) is 23.2 Å². The van der Waals surface area contributed by atoms with Crippen LogP contribution in [-0.4, -0.2) is 76.4 Å². The number of nitrogens with one attached hydrogen (secondary N) is 3. The maximum absolute atomic E-state index is 12.6. The van der Waals surface area contributed by atoms with E-state index >= 15 is 0 Å². The Morgan fingerprint density at radius 3 is 1.95 bits per heavy atom. The zero-order chi connectivity index (χ0) is 33.8. The van der Waals surface area contributed by atoms with Crippen LogP contribution in [0.15, 0.2) is 18.3 Å². The topological polar surface area (TPSA) is 257 Å². The summed E-state index contributed by atoms with van der Waals surface area (Å²) in [6.45, 7) is 5.00. The Morgan fingerprint density at radius 2 is 1.59 bits per heavy atom. The van der Waals surface area contributed by atoms with E-state index in [0.717, 1.165) is 24.0 Å². The Balaban J connectivity index is 0.000000361. The van der Waals surface area contributed by atoms with Gasteiger partial charge in [-0.2, -0.15) is 33.2 Å². The summed E-state index contributed by atoms with van der Waals surface area (Å²) in [5.41, 5.74) is 3.78. The second kappa shape index (κ2) is 17.1. The predicted molar refractivity (Wildman–Crippen MR) is 155 cm³/mol. The Morgan fingerprint density at radius 1 is 1.09 bits per heavy atom. The highest BCUT2D eigenvalue weighted by atomic mass is 35.5. The Labute approximate surface area is 261 Å². The average Bonchev–Trinajstić information content (AvgIpc) is 3.24. The molecule has 0 spiro atoms. The number of anilines is 3. The SMILES string of the molecule is CCNc1nc(Cl)nc(NCC)n1.Nc1c([N+](=O)[O-])cnn1-c1c(Cl)cc(C(F)(F)F)cc1Cl.O=C(O)CNCP(=O)(O)O. The van der Waals surface area contributed by atoms with Gasteiger partial charge in [0.1, 0.15) is 11.9 Å². The molecular formula is C20H25Cl3F3N10O7P. The molecule has 0 atom stereocenters. The van der Waals surface area contributed by atoms with Gasteiger partial charge in [0.05, 0.1) is 33.4 Å². The molecule has 17 nitrogen and oxygen atoms in total. The Hall–Kier alpha value is -3.52. The van der Waals surface area contributed by atoms with Crippen LogP contribution in [0.1, 0.15) is 19.4 Å². The minimum Gasteiger partial charge on any atom is -0.480 e. The summed E-state index contributed by atoms with van der Waals surface area (Å²) < 4.78 is 48.7. The van der Waals surface area contributed by atoms with Crippen LogP contribution in [0.5, 0.6) is 0 Å². The number of nitro groups is 1. The van der Waals surface area contributed by atoms with Gasteiger partial charge in [-0.3, -0.25) is 24.8 Å². The largest absolute Gasteiger partial charge is 0.480 e. The number of carboxylic acids is 1. The molecule has 1 aromatic carbocycles. The molecule has 244 valence electrons. The first-order chi connectivity index (χ1) is 20.3. The van der Waals surface area contributed by atoms with E-state index in [1.165, 1.54) is 0 Å². The van der Waals surface area contributed by atoms with Crippen molar-refractivity contribution in [2.75, 3.05) is 42.3 Å². The van der Waals surface area contributed by atoms with Crippen molar-refractivity contribution in [3.63, 3.8) is 0 Å². The molecule has 0 aliphatic rings. The van der Waals surface area contributed by atoms with Gasteiger partial charge in [0.15, 0.2) is 0 Å². The first-order valence-electron chi connectivity index (χ1n) is 11.7. The van der Waals surface area contributed by atoms with Gasteiger partial charge in [0.2, 0.25) is 23.0 Å². The summed E-state index contributed by atoms with van der Waals surface area (Å²) in [6.07, 6.45) is -4.38. The molecule has 8 N–H and O–H groups in total. The van der Waals surface area contributed by atoms with E-state index in [1.54, 1.807) is 0 Å². The fourth-order valence-corrected chi connectivity index (χ4v) is 3.94. The van der Waals surface area contributed by atoms with E-state index < -0.39 is 54.6 Å². The lowest BCUT2D eigenvalue weighted by Crippen LogP contribution is -2.23. The third kappa shape index (κ3) is 13.0. The minimum atomic E-state index is -4.63. The quantitative estimate of drug-likeness (QED) is 0.0895. The molecule has 0 fully saturated rings. The molecule has 44 heavy (non-hydrogen) atoms. The molecule has 0 saturated heterocycles. The first-order valence-corrected chi connectivity index (χ1v) is 14.6. The van der Waals surface area contributed by atoms with Gasteiger partial charge < -0.3 is 31.3 Å². The number of carbonyl (C=O) groups is 1. The number of halogens is 6. The van der Waals surface area contributed by atoms with Gasteiger partial charge in [-0.05, 0) is 37.6 Å². The van der Waals surface area contributed by atoms with Crippen molar-refractivity contribution in [2.45, 2.75) is 20.0 Å². The number of nitrogens with zero attached hydrogens (tertiary/aromatic N) is 6. The fourth-order valence-electron chi connectivity index (χ4n) is 2.73. The number of aliphatic carboxylic acids is 1. The normalized spacial score (nSPS) is 11.0. The molecule has 0 radical (unpaired) electrons. The van der Waals surface area contributed by atoms with Gasteiger partial charge in [0.25, 0.3) is 0 Å². The number of rotatable bonds is 10. The van der Waals surface area contributed by atoms with E-state index in [1.807, 2.05) is 13.8 Å². The number of aromatic nitrogens is 5. The molecule has 2 heterocycles. The summed E-state index contributed by atoms with van der Waals surface area (Å²) in [5, 5.41) is 29.7. The van der Waals surface area contributed by atoms with Gasteiger partial charge in [-0.25, -0.2) is 4.68 Å². The van der Waals surface area contributed by atoms with Gasteiger partial charge in [-0.15, -0.1) is 0 Å². The van der Waals surface area contributed by atoms with E-state index in [4.69, 9.17) is 55.4 Å². The average molecular weight is 712 g/mol. The van der Waals surface area contributed by atoms with Crippen LogP contribution in [0.3, 0.4) is 0 Å². The lowest BCUT2D eigenvalue weighted by molar-refractivity contribution is -0.383. The number of carboxylic acid groups (broad SMARTS) is 1. The van der Waals surface area contributed by atoms with E-state index in [0.29, 0.717) is 24.0 Å². The van der Waals surface area contributed by atoms with Gasteiger partial charge in [0, 0.05) is 13.1 Å². The van der Waals surface area contributed by atoms with Crippen LogP contribution in [0.4, 0.5) is 36.6 Å². The van der Waals surface area contributed by atoms with Crippen LogP contribution < -0.4 is 21.7 Å². The second-order valence-corrected chi connectivity index (χ2v) is 10.6.